The van der Waals surface area contributed by atoms with Crippen LogP contribution in [0.5, 0.6) is 0 Å². The zero-order valence-corrected chi connectivity index (χ0v) is 14.4. The molecule has 0 saturated heterocycles. The van der Waals surface area contributed by atoms with Crippen molar-refractivity contribution in [3.8, 4) is 0 Å². The van der Waals surface area contributed by atoms with E-state index in [2.05, 4.69) is 29.7 Å². The fourth-order valence-corrected chi connectivity index (χ4v) is 2.25. The molecule has 0 heterocycles. The number of carbonyl (C=O) groups is 1. The molecule has 4 nitrogen and oxygen atoms in total. The van der Waals surface area contributed by atoms with Gasteiger partial charge in [0.2, 0.25) is 5.91 Å². The van der Waals surface area contributed by atoms with E-state index in [9.17, 15) is 4.79 Å². The Morgan fingerprint density at radius 1 is 0.909 bits per heavy atom. The average Bonchev–Trinajstić information content (AvgIpc) is 2.52. The third-order valence-electron chi connectivity index (χ3n) is 3.58. The van der Waals surface area contributed by atoms with Gasteiger partial charge in [-0.3, -0.25) is 4.79 Å². The Morgan fingerprint density at radius 3 is 2.27 bits per heavy atom. The lowest BCUT2D eigenvalue weighted by atomic mass is 10.1. The van der Waals surface area contributed by atoms with Crippen molar-refractivity contribution >= 4 is 5.91 Å². The number of aliphatic hydroxyl groups excluding tert-OH is 1. The summed E-state index contributed by atoms with van der Waals surface area (Å²) >= 11 is 0. The van der Waals surface area contributed by atoms with Crippen LogP contribution in [0.1, 0.15) is 71.1 Å². The van der Waals surface area contributed by atoms with Gasteiger partial charge in [-0.05, 0) is 32.2 Å². The van der Waals surface area contributed by atoms with Gasteiger partial charge in [0.15, 0.2) is 0 Å². The molecule has 0 atom stereocenters. The Hall–Kier alpha value is -0.870. The minimum absolute atomic E-state index is 0.144. The van der Waals surface area contributed by atoms with E-state index in [0.29, 0.717) is 13.0 Å². The van der Waals surface area contributed by atoms with E-state index in [-0.39, 0.29) is 5.91 Å². The van der Waals surface area contributed by atoms with E-state index < -0.39 is 0 Å². The van der Waals surface area contributed by atoms with Crippen LogP contribution in [0.15, 0.2) is 12.2 Å². The fraction of sp³-hybridized carbons (Fsp3) is 0.833. The molecule has 3 N–H and O–H groups in total. The first-order valence-electron chi connectivity index (χ1n) is 9.04. The second-order valence-electron chi connectivity index (χ2n) is 5.72. The highest BCUT2D eigenvalue weighted by Crippen LogP contribution is 2.06. The number of amides is 1. The highest BCUT2D eigenvalue weighted by Gasteiger charge is 1.98. The van der Waals surface area contributed by atoms with Gasteiger partial charge < -0.3 is 15.7 Å². The Bertz CT molecular complexity index is 268. The van der Waals surface area contributed by atoms with Crippen LogP contribution in [0.3, 0.4) is 0 Å². The lowest BCUT2D eigenvalue weighted by Gasteiger charge is -2.06. The average molecular weight is 312 g/mol. The third-order valence-corrected chi connectivity index (χ3v) is 3.58. The number of allylic oxidation sites excluding steroid dienone is 2. The number of hydrogen-bond acceptors (Lipinski definition) is 3. The molecule has 0 aromatic heterocycles. The Labute approximate surface area is 136 Å². The van der Waals surface area contributed by atoms with Crippen LogP contribution >= 0.6 is 0 Å². The zero-order valence-electron chi connectivity index (χ0n) is 14.4. The normalized spacial score (nSPS) is 11.2. The molecule has 0 aliphatic rings. The maximum absolute atomic E-state index is 11.5. The minimum Gasteiger partial charge on any atom is -0.396 e. The van der Waals surface area contributed by atoms with Crippen molar-refractivity contribution < 1.29 is 9.90 Å². The van der Waals surface area contributed by atoms with Gasteiger partial charge >= 0.3 is 0 Å². The van der Waals surface area contributed by atoms with Crippen LogP contribution in [0, 0.1) is 0 Å². The molecule has 0 radical (unpaired) electrons. The molecule has 0 fully saturated rings. The first-order chi connectivity index (χ1) is 10.8. The Balaban J connectivity index is 3.13. The number of hydrogen-bond donors (Lipinski definition) is 3. The number of rotatable bonds is 16. The van der Waals surface area contributed by atoms with Gasteiger partial charge in [-0.2, -0.15) is 0 Å². The molecular weight excluding hydrogens is 276 g/mol. The van der Waals surface area contributed by atoms with Gasteiger partial charge in [0.05, 0.1) is 0 Å². The summed E-state index contributed by atoms with van der Waals surface area (Å²) in [6.45, 7) is 5.03. The molecule has 22 heavy (non-hydrogen) atoms. The van der Waals surface area contributed by atoms with Crippen LogP contribution < -0.4 is 10.6 Å². The van der Waals surface area contributed by atoms with E-state index in [0.717, 1.165) is 45.3 Å². The topological polar surface area (TPSA) is 61.4 Å². The number of nitrogens with one attached hydrogen (secondary N) is 2. The van der Waals surface area contributed by atoms with Gasteiger partial charge in [0, 0.05) is 26.1 Å². The van der Waals surface area contributed by atoms with E-state index in [4.69, 9.17) is 5.11 Å². The number of aliphatic hydroxyl groups is 1. The Kier molecular flexibility index (Phi) is 17.5. The van der Waals surface area contributed by atoms with Gasteiger partial charge in [-0.25, -0.2) is 0 Å². The second-order valence-corrected chi connectivity index (χ2v) is 5.72. The van der Waals surface area contributed by atoms with Crippen molar-refractivity contribution in [3.63, 3.8) is 0 Å². The standard InChI is InChI=1S/C18H36N2O2/c1-2-3-4-10-13-18(22)20-16-15-19-14-11-8-6-5-7-9-12-17-21/h3-4,19,21H,2,5-17H2,1H3,(H,20,22)/b4-3+. The SMILES string of the molecule is CC/C=C/CCC(=O)NCCNCCCCCCCCCO. The van der Waals surface area contributed by atoms with Gasteiger partial charge in [-0.15, -0.1) is 0 Å². The van der Waals surface area contributed by atoms with Gasteiger partial charge in [0.25, 0.3) is 0 Å². The number of unbranched alkanes of at least 4 members (excludes halogenated alkanes) is 6. The zero-order chi connectivity index (χ0) is 16.3. The molecule has 0 rings (SSSR count). The molecular formula is C18H36N2O2. The summed E-state index contributed by atoms with van der Waals surface area (Å²) in [5.74, 6) is 0.144. The van der Waals surface area contributed by atoms with Crippen molar-refractivity contribution in [2.75, 3.05) is 26.2 Å². The lowest BCUT2D eigenvalue weighted by Crippen LogP contribution is -2.31. The minimum atomic E-state index is 0.144. The second kappa shape index (κ2) is 18.2. The summed E-state index contributed by atoms with van der Waals surface area (Å²) in [6, 6.07) is 0. The predicted octanol–water partition coefficient (Wildman–Crippen LogP) is 3.16. The smallest absolute Gasteiger partial charge is 0.220 e. The molecule has 0 spiro atoms. The van der Waals surface area contributed by atoms with Crippen LogP contribution in [0.25, 0.3) is 0 Å². The summed E-state index contributed by atoms with van der Waals surface area (Å²) in [5, 5.41) is 15.0. The van der Waals surface area contributed by atoms with E-state index >= 15 is 0 Å². The monoisotopic (exact) mass is 312 g/mol. The van der Waals surface area contributed by atoms with Crippen molar-refractivity contribution in [2.24, 2.45) is 0 Å². The summed E-state index contributed by atoms with van der Waals surface area (Å²) in [7, 11) is 0. The van der Waals surface area contributed by atoms with Crippen molar-refractivity contribution in [2.45, 2.75) is 71.1 Å². The molecule has 0 aliphatic heterocycles. The van der Waals surface area contributed by atoms with Crippen molar-refractivity contribution in [3.05, 3.63) is 12.2 Å². The molecule has 4 heteroatoms. The van der Waals surface area contributed by atoms with Crippen LogP contribution in [0.4, 0.5) is 0 Å². The molecule has 0 bridgehead atoms. The summed E-state index contributed by atoms with van der Waals surface area (Å²) in [4.78, 5) is 11.5. The highest BCUT2D eigenvalue weighted by atomic mass is 16.2. The molecule has 0 aliphatic carbocycles. The van der Waals surface area contributed by atoms with Crippen LogP contribution in [0.2, 0.25) is 0 Å². The maximum Gasteiger partial charge on any atom is 0.220 e. The quantitative estimate of drug-likeness (QED) is 0.303. The van der Waals surface area contributed by atoms with Gasteiger partial charge in [0.1, 0.15) is 0 Å². The predicted molar refractivity (Wildman–Crippen MR) is 93.9 cm³/mol. The molecule has 130 valence electrons. The summed E-state index contributed by atoms with van der Waals surface area (Å²) < 4.78 is 0. The Morgan fingerprint density at radius 2 is 1.59 bits per heavy atom. The molecule has 0 saturated carbocycles. The summed E-state index contributed by atoms with van der Waals surface area (Å²) in [6.07, 6.45) is 15.0. The van der Waals surface area contributed by atoms with E-state index in [1.807, 2.05) is 0 Å². The van der Waals surface area contributed by atoms with E-state index in [1.54, 1.807) is 0 Å². The highest BCUT2D eigenvalue weighted by molar-refractivity contribution is 5.75. The molecule has 1 amide bonds. The van der Waals surface area contributed by atoms with Gasteiger partial charge in [-0.1, -0.05) is 51.2 Å². The van der Waals surface area contributed by atoms with E-state index in [1.165, 1.54) is 32.1 Å². The number of carbonyl (C=O) groups excluding carboxylic acids is 1. The molecule has 0 aromatic carbocycles. The van der Waals surface area contributed by atoms with Crippen LogP contribution in [-0.4, -0.2) is 37.3 Å². The largest absolute Gasteiger partial charge is 0.396 e. The molecule has 0 aromatic rings. The van der Waals surface area contributed by atoms with Crippen molar-refractivity contribution in [1.29, 1.82) is 0 Å². The molecule has 0 unspecified atom stereocenters. The van der Waals surface area contributed by atoms with Crippen LogP contribution in [-0.2, 0) is 4.79 Å². The first-order valence-corrected chi connectivity index (χ1v) is 9.04. The third kappa shape index (κ3) is 17.2. The fourth-order valence-electron chi connectivity index (χ4n) is 2.25. The maximum atomic E-state index is 11.5. The van der Waals surface area contributed by atoms with Crippen molar-refractivity contribution in [1.82, 2.24) is 10.6 Å². The first kappa shape index (κ1) is 21.1. The lowest BCUT2D eigenvalue weighted by molar-refractivity contribution is -0.120. The summed E-state index contributed by atoms with van der Waals surface area (Å²) in [5.41, 5.74) is 0.